The molecule has 0 amide bonds. The van der Waals surface area contributed by atoms with Gasteiger partial charge in [-0.05, 0) is 43.7 Å². The fourth-order valence-electron chi connectivity index (χ4n) is 3.54. The highest BCUT2D eigenvalue weighted by Gasteiger charge is 2.42. The first-order valence-corrected chi connectivity index (χ1v) is 7.50. The van der Waals surface area contributed by atoms with Gasteiger partial charge in [-0.3, -0.25) is 4.98 Å². The summed E-state index contributed by atoms with van der Waals surface area (Å²) >= 11 is 6.14. The maximum Gasteiger partial charge on any atom is 0.100 e. The van der Waals surface area contributed by atoms with Crippen molar-refractivity contribution < 1.29 is 9.84 Å². The van der Waals surface area contributed by atoms with Crippen LogP contribution in [-0.2, 0) is 4.74 Å². The second-order valence-corrected chi connectivity index (χ2v) is 6.21. The molecule has 3 nitrogen and oxygen atoms in total. The Balaban J connectivity index is 1.76. The minimum Gasteiger partial charge on any atom is -0.386 e. The van der Waals surface area contributed by atoms with Crippen LogP contribution in [0.5, 0.6) is 0 Å². The zero-order valence-corrected chi connectivity index (χ0v) is 11.8. The lowest BCUT2D eigenvalue weighted by molar-refractivity contribution is -0.113. The Morgan fingerprint density at radius 2 is 2.21 bits per heavy atom. The maximum absolute atomic E-state index is 10.6. The van der Waals surface area contributed by atoms with Crippen LogP contribution < -0.4 is 0 Å². The average Bonchev–Trinajstić information content (AvgIpc) is 2.86. The third kappa shape index (κ3) is 2.64. The van der Waals surface area contributed by atoms with Crippen LogP contribution in [-0.4, -0.2) is 22.3 Å². The Kier molecular flexibility index (Phi) is 3.79. The van der Waals surface area contributed by atoms with Crippen LogP contribution >= 0.6 is 11.6 Å². The molecule has 1 aromatic heterocycles. The molecular weight excluding hydrogens is 262 g/mol. The summed E-state index contributed by atoms with van der Waals surface area (Å²) in [5, 5.41) is 11.1. The molecule has 1 saturated heterocycles. The molecule has 19 heavy (non-hydrogen) atoms. The van der Waals surface area contributed by atoms with Gasteiger partial charge in [-0.25, -0.2) is 0 Å². The fourth-order valence-corrected chi connectivity index (χ4v) is 3.78. The summed E-state index contributed by atoms with van der Waals surface area (Å²) < 4.78 is 6.01. The van der Waals surface area contributed by atoms with E-state index in [1.807, 2.05) is 0 Å². The van der Waals surface area contributed by atoms with Gasteiger partial charge in [0.1, 0.15) is 6.10 Å². The van der Waals surface area contributed by atoms with Crippen molar-refractivity contribution in [2.24, 2.45) is 5.92 Å². The first kappa shape index (κ1) is 13.3. The molecule has 1 saturated carbocycles. The summed E-state index contributed by atoms with van der Waals surface area (Å²) in [6.07, 6.45) is 7.68. The van der Waals surface area contributed by atoms with Crippen molar-refractivity contribution in [1.29, 1.82) is 0 Å². The first-order valence-electron chi connectivity index (χ1n) is 7.13. The van der Waals surface area contributed by atoms with Gasteiger partial charge in [0.05, 0.1) is 16.3 Å². The molecule has 0 bridgehead atoms. The van der Waals surface area contributed by atoms with Gasteiger partial charge in [0, 0.05) is 12.8 Å². The molecule has 3 rings (SSSR count). The summed E-state index contributed by atoms with van der Waals surface area (Å²) in [5.41, 5.74) is 0.634. The van der Waals surface area contributed by atoms with Crippen LogP contribution in [0.3, 0.4) is 0 Å². The number of halogens is 1. The van der Waals surface area contributed by atoms with E-state index in [1.165, 1.54) is 12.8 Å². The second-order valence-electron chi connectivity index (χ2n) is 5.81. The highest BCUT2D eigenvalue weighted by molar-refractivity contribution is 6.31. The predicted molar refractivity (Wildman–Crippen MR) is 74.1 cm³/mol. The molecule has 0 aromatic carbocycles. The van der Waals surface area contributed by atoms with Gasteiger partial charge in [-0.2, -0.15) is 0 Å². The van der Waals surface area contributed by atoms with E-state index >= 15 is 0 Å². The normalized spacial score (nSPS) is 27.6. The number of hydrogen-bond donors (Lipinski definition) is 1. The first-order chi connectivity index (χ1) is 9.20. The smallest absolute Gasteiger partial charge is 0.100 e. The van der Waals surface area contributed by atoms with Crippen molar-refractivity contribution in [2.45, 2.75) is 50.2 Å². The van der Waals surface area contributed by atoms with Crippen molar-refractivity contribution in [1.82, 2.24) is 4.98 Å². The molecule has 1 aromatic rings. The molecule has 104 valence electrons. The maximum atomic E-state index is 10.6. The number of pyridine rings is 1. The Labute approximate surface area is 118 Å². The monoisotopic (exact) mass is 281 g/mol. The van der Waals surface area contributed by atoms with Gasteiger partial charge >= 0.3 is 0 Å². The molecule has 0 radical (unpaired) electrons. The van der Waals surface area contributed by atoms with Gasteiger partial charge in [0.25, 0.3) is 0 Å². The second kappa shape index (κ2) is 5.39. The Hall–Kier alpha value is -0.640. The average molecular weight is 282 g/mol. The van der Waals surface area contributed by atoms with Crippen LogP contribution in [0.25, 0.3) is 0 Å². The van der Waals surface area contributed by atoms with Crippen molar-refractivity contribution in [3.8, 4) is 0 Å². The SMILES string of the molecule is OC(c1ncccc1Cl)C1CCOC2(CCCC2)C1. The number of aliphatic hydroxyl groups is 1. The van der Waals surface area contributed by atoms with E-state index < -0.39 is 6.10 Å². The molecule has 1 aliphatic heterocycles. The van der Waals surface area contributed by atoms with E-state index in [-0.39, 0.29) is 11.5 Å². The van der Waals surface area contributed by atoms with Crippen molar-refractivity contribution in [3.63, 3.8) is 0 Å². The molecule has 1 aliphatic carbocycles. The van der Waals surface area contributed by atoms with Crippen molar-refractivity contribution in [2.75, 3.05) is 6.61 Å². The van der Waals surface area contributed by atoms with E-state index in [1.54, 1.807) is 18.3 Å². The Bertz CT molecular complexity index is 446. The largest absolute Gasteiger partial charge is 0.386 e. The molecular formula is C15H20ClNO2. The molecule has 1 spiro atoms. The van der Waals surface area contributed by atoms with Gasteiger partial charge in [-0.1, -0.05) is 24.4 Å². The highest BCUT2D eigenvalue weighted by atomic mass is 35.5. The minimum absolute atomic E-state index is 0.0190. The van der Waals surface area contributed by atoms with E-state index in [0.29, 0.717) is 10.7 Å². The van der Waals surface area contributed by atoms with Gasteiger partial charge < -0.3 is 9.84 Å². The highest BCUT2D eigenvalue weighted by Crippen LogP contribution is 2.45. The Morgan fingerprint density at radius 1 is 1.42 bits per heavy atom. The third-order valence-corrected chi connectivity index (χ3v) is 4.88. The third-order valence-electron chi connectivity index (χ3n) is 4.56. The number of nitrogens with zero attached hydrogens (tertiary/aromatic N) is 1. The van der Waals surface area contributed by atoms with Crippen LogP contribution in [0.1, 0.15) is 50.3 Å². The predicted octanol–water partition coefficient (Wildman–Crippen LogP) is 3.51. The number of ether oxygens (including phenoxy) is 1. The zero-order valence-electron chi connectivity index (χ0n) is 11.0. The summed E-state index contributed by atoms with van der Waals surface area (Å²) in [6.45, 7) is 0.742. The fraction of sp³-hybridized carbons (Fsp3) is 0.667. The lowest BCUT2D eigenvalue weighted by atomic mass is 9.81. The van der Waals surface area contributed by atoms with E-state index in [2.05, 4.69) is 4.98 Å². The number of aromatic nitrogens is 1. The van der Waals surface area contributed by atoms with Gasteiger partial charge in [0.2, 0.25) is 0 Å². The summed E-state index contributed by atoms with van der Waals surface area (Å²) in [4.78, 5) is 4.25. The number of aliphatic hydroxyl groups excluding tert-OH is 1. The van der Waals surface area contributed by atoms with E-state index in [4.69, 9.17) is 16.3 Å². The van der Waals surface area contributed by atoms with E-state index in [9.17, 15) is 5.11 Å². The van der Waals surface area contributed by atoms with Crippen molar-refractivity contribution in [3.05, 3.63) is 29.0 Å². The standard InChI is InChI=1S/C15H20ClNO2/c16-12-4-3-8-17-13(12)14(18)11-5-9-19-15(10-11)6-1-2-7-15/h3-4,8,11,14,18H,1-2,5-7,9-10H2. The van der Waals surface area contributed by atoms with Gasteiger partial charge in [-0.15, -0.1) is 0 Å². The summed E-state index contributed by atoms with van der Waals surface area (Å²) in [7, 11) is 0. The molecule has 1 N–H and O–H groups in total. The number of hydrogen-bond acceptors (Lipinski definition) is 3. The van der Waals surface area contributed by atoms with Gasteiger partial charge in [0.15, 0.2) is 0 Å². The minimum atomic E-state index is -0.574. The van der Waals surface area contributed by atoms with Crippen LogP contribution in [0, 0.1) is 5.92 Å². The Morgan fingerprint density at radius 3 is 2.95 bits per heavy atom. The van der Waals surface area contributed by atoms with Crippen LogP contribution in [0.4, 0.5) is 0 Å². The summed E-state index contributed by atoms with van der Waals surface area (Å²) in [6, 6.07) is 3.58. The lowest BCUT2D eigenvalue weighted by Crippen LogP contribution is -2.39. The number of rotatable bonds is 2. The van der Waals surface area contributed by atoms with Crippen LogP contribution in [0.2, 0.25) is 5.02 Å². The quantitative estimate of drug-likeness (QED) is 0.902. The van der Waals surface area contributed by atoms with E-state index in [0.717, 1.165) is 32.3 Å². The summed E-state index contributed by atoms with van der Waals surface area (Å²) in [5.74, 6) is 0.208. The zero-order chi connectivity index (χ0) is 13.3. The lowest BCUT2D eigenvalue weighted by Gasteiger charge is -2.40. The molecule has 2 unspecified atom stereocenters. The molecule has 2 atom stereocenters. The topological polar surface area (TPSA) is 42.4 Å². The molecule has 4 heteroatoms. The molecule has 2 aliphatic rings. The molecule has 2 fully saturated rings. The van der Waals surface area contributed by atoms with Crippen molar-refractivity contribution >= 4 is 11.6 Å². The molecule has 2 heterocycles. The van der Waals surface area contributed by atoms with Crippen LogP contribution in [0.15, 0.2) is 18.3 Å².